The Labute approximate surface area is 122 Å². The van der Waals surface area contributed by atoms with Crippen LogP contribution >= 0.6 is 0 Å². The van der Waals surface area contributed by atoms with Crippen LogP contribution in [0.5, 0.6) is 0 Å². The number of hydrogen-bond donors (Lipinski definition) is 0. The Bertz CT molecular complexity index is 430. The lowest BCUT2D eigenvalue weighted by Crippen LogP contribution is -2.16. The first-order valence-electron chi connectivity index (χ1n) is 6.43. The van der Waals surface area contributed by atoms with Crippen LogP contribution in [0.3, 0.4) is 0 Å². The Morgan fingerprint density at radius 2 is 1.10 bits per heavy atom. The second-order valence-corrected chi connectivity index (χ2v) is 5.69. The Balaban J connectivity index is 1.58. The largest absolute Gasteiger partial charge is 0.613 e. The number of ether oxygens (including phenoxy) is 2. The van der Waals surface area contributed by atoms with Crippen LogP contribution in [0.4, 0.5) is 0 Å². The van der Waals surface area contributed by atoms with Gasteiger partial charge < -0.3 is 14.0 Å². The smallest absolute Gasteiger partial charge is 0.208 e. The van der Waals surface area contributed by atoms with E-state index in [-0.39, 0.29) is 11.9 Å². The van der Waals surface area contributed by atoms with Gasteiger partial charge in [-0.2, -0.15) is 0 Å². The third kappa shape index (κ3) is 5.75. The maximum absolute atomic E-state index is 11.7. The molecule has 106 valence electrons. The first kappa shape index (κ1) is 15.1. The Hall–Kier alpha value is -1.33. The molecule has 0 atom stereocenters. The molecular weight excluding hydrogens is 272 g/mol. The molecular formula is C16H18O3S. The van der Waals surface area contributed by atoms with Gasteiger partial charge in [0.1, 0.15) is 0 Å². The normalized spacial score (nSPS) is 10.9. The molecule has 2 rings (SSSR count). The average molecular weight is 290 g/mol. The topological polar surface area (TPSA) is 41.5 Å². The first-order chi connectivity index (χ1) is 9.84. The van der Waals surface area contributed by atoms with Gasteiger partial charge in [-0.25, -0.2) is 0 Å². The van der Waals surface area contributed by atoms with Crippen LogP contribution in [0, 0.1) is 0 Å². The molecule has 2 aromatic carbocycles. The minimum absolute atomic E-state index is 0.198. The van der Waals surface area contributed by atoms with Crippen molar-refractivity contribution in [3.63, 3.8) is 0 Å². The highest BCUT2D eigenvalue weighted by atomic mass is 32.2. The van der Waals surface area contributed by atoms with Crippen LogP contribution in [0.2, 0.25) is 0 Å². The standard InChI is InChI=1S/C16H18O3S/c17-20(13-18-11-15-7-3-1-4-8-15)14-19-12-16-9-5-2-6-10-16/h1-10H,11-14H2. The molecule has 4 heteroatoms. The van der Waals surface area contributed by atoms with Crippen molar-refractivity contribution in [2.75, 3.05) is 11.9 Å². The minimum atomic E-state index is -1.11. The van der Waals surface area contributed by atoms with E-state index in [1.807, 2.05) is 60.7 Å². The summed E-state index contributed by atoms with van der Waals surface area (Å²) in [7, 11) is 0. The van der Waals surface area contributed by atoms with Gasteiger partial charge in [0.05, 0.1) is 13.2 Å². The molecule has 0 radical (unpaired) electrons. The van der Waals surface area contributed by atoms with Crippen molar-refractivity contribution < 1.29 is 14.0 Å². The third-order valence-corrected chi connectivity index (χ3v) is 3.51. The van der Waals surface area contributed by atoms with Gasteiger partial charge in [-0.15, -0.1) is 0 Å². The molecule has 0 unspecified atom stereocenters. The van der Waals surface area contributed by atoms with E-state index in [9.17, 15) is 4.55 Å². The molecule has 0 fully saturated rings. The van der Waals surface area contributed by atoms with Gasteiger partial charge in [0.25, 0.3) is 0 Å². The maximum atomic E-state index is 11.7. The van der Waals surface area contributed by atoms with E-state index in [4.69, 9.17) is 9.47 Å². The second kappa shape index (κ2) is 8.76. The van der Waals surface area contributed by atoms with E-state index >= 15 is 0 Å². The Morgan fingerprint density at radius 3 is 1.50 bits per heavy atom. The second-order valence-electron chi connectivity index (χ2n) is 4.34. The number of hydrogen-bond acceptors (Lipinski definition) is 3. The van der Waals surface area contributed by atoms with Gasteiger partial charge in [0.15, 0.2) is 0 Å². The highest BCUT2D eigenvalue weighted by Gasteiger charge is 2.06. The summed E-state index contributed by atoms with van der Waals surface area (Å²) >= 11 is -1.11. The van der Waals surface area contributed by atoms with Crippen molar-refractivity contribution in [2.24, 2.45) is 0 Å². The Morgan fingerprint density at radius 1 is 0.700 bits per heavy atom. The summed E-state index contributed by atoms with van der Waals surface area (Å²) in [6.07, 6.45) is 0. The monoisotopic (exact) mass is 290 g/mol. The molecule has 0 aromatic heterocycles. The van der Waals surface area contributed by atoms with Gasteiger partial charge in [0, 0.05) is 11.2 Å². The summed E-state index contributed by atoms with van der Waals surface area (Å²) < 4.78 is 22.5. The summed E-state index contributed by atoms with van der Waals surface area (Å²) in [6, 6.07) is 19.7. The van der Waals surface area contributed by atoms with Crippen molar-refractivity contribution in [3.05, 3.63) is 71.8 Å². The summed E-state index contributed by atoms with van der Waals surface area (Å²) in [4.78, 5) is 0. The molecule has 0 bridgehead atoms. The molecule has 0 aliphatic rings. The van der Waals surface area contributed by atoms with Crippen LogP contribution in [0.15, 0.2) is 60.7 Å². The van der Waals surface area contributed by atoms with Crippen LogP contribution in [0.1, 0.15) is 11.1 Å². The molecule has 0 N–H and O–H groups in total. The summed E-state index contributed by atoms with van der Waals surface area (Å²) in [5.74, 6) is 0.396. The van der Waals surface area contributed by atoms with E-state index in [2.05, 4.69) is 0 Å². The van der Waals surface area contributed by atoms with Gasteiger partial charge in [-0.3, -0.25) is 0 Å². The van der Waals surface area contributed by atoms with E-state index in [1.165, 1.54) is 0 Å². The molecule has 0 spiro atoms. The summed E-state index contributed by atoms with van der Waals surface area (Å²) in [6.45, 7) is 0.955. The van der Waals surface area contributed by atoms with Crippen molar-refractivity contribution in [1.29, 1.82) is 0 Å². The van der Waals surface area contributed by atoms with Crippen LogP contribution in [-0.2, 0) is 33.9 Å². The molecule has 0 aliphatic carbocycles. The van der Waals surface area contributed by atoms with Crippen molar-refractivity contribution in [2.45, 2.75) is 13.2 Å². The molecule has 0 heterocycles. The summed E-state index contributed by atoms with van der Waals surface area (Å²) in [5.41, 5.74) is 2.16. The predicted octanol–water partition coefficient (Wildman–Crippen LogP) is 3.08. The zero-order valence-electron chi connectivity index (χ0n) is 11.2. The van der Waals surface area contributed by atoms with Gasteiger partial charge in [-0.1, -0.05) is 60.7 Å². The van der Waals surface area contributed by atoms with Gasteiger partial charge >= 0.3 is 0 Å². The van der Waals surface area contributed by atoms with E-state index in [0.29, 0.717) is 13.2 Å². The zero-order chi connectivity index (χ0) is 14.0. The van der Waals surface area contributed by atoms with Gasteiger partial charge in [-0.05, 0) is 11.1 Å². The highest BCUT2D eigenvalue weighted by Crippen LogP contribution is 2.04. The fourth-order valence-corrected chi connectivity index (χ4v) is 2.29. The quantitative estimate of drug-likeness (QED) is 0.702. The Kier molecular flexibility index (Phi) is 6.60. The van der Waals surface area contributed by atoms with Crippen LogP contribution in [-0.4, -0.2) is 16.4 Å². The third-order valence-electron chi connectivity index (χ3n) is 2.65. The van der Waals surface area contributed by atoms with Crippen molar-refractivity contribution in [3.8, 4) is 0 Å². The van der Waals surface area contributed by atoms with Crippen molar-refractivity contribution in [1.82, 2.24) is 0 Å². The fraction of sp³-hybridized carbons (Fsp3) is 0.250. The minimum Gasteiger partial charge on any atom is -0.613 e. The molecule has 0 saturated heterocycles. The molecule has 0 aliphatic heterocycles. The number of benzene rings is 2. The van der Waals surface area contributed by atoms with Gasteiger partial charge in [0.2, 0.25) is 11.9 Å². The van der Waals surface area contributed by atoms with E-state index in [1.54, 1.807) is 0 Å². The zero-order valence-corrected chi connectivity index (χ0v) is 12.1. The van der Waals surface area contributed by atoms with Crippen molar-refractivity contribution >= 4 is 11.2 Å². The van der Waals surface area contributed by atoms with E-state index < -0.39 is 11.2 Å². The average Bonchev–Trinajstić information content (AvgIpc) is 2.49. The first-order valence-corrected chi connectivity index (χ1v) is 7.92. The highest BCUT2D eigenvalue weighted by molar-refractivity contribution is 7.91. The number of rotatable bonds is 8. The lowest BCUT2D eigenvalue weighted by atomic mass is 10.2. The molecule has 20 heavy (non-hydrogen) atoms. The lowest BCUT2D eigenvalue weighted by Gasteiger charge is -2.11. The summed E-state index contributed by atoms with van der Waals surface area (Å²) in [5, 5.41) is 0. The molecule has 0 amide bonds. The predicted molar refractivity (Wildman–Crippen MR) is 80.3 cm³/mol. The van der Waals surface area contributed by atoms with Crippen LogP contribution < -0.4 is 0 Å². The van der Waals surface area contributed by atoms with Crippen LogP contribution in [0.25, 0.3) is 0 Å². The molecule has 3 nitrogen and oxygen atoms in total. The maximum Gasteiger partial charge on any atom is 0.208 e. The van der Waals surface area contributed by atoms with E-state index in [0.717, 1.165) is 11.1 Å². The molecule has 2 aromatic rings. The molecule has 0 saturated carbocycles. The lowest BCUT2D eigenvalue weighted by molar-refractivity contribution is 0.143. The fourth-order valence-electron chi connectivity index (χ4n) is 1.69. The SMILES string of the molecule is [O-][S+](COCc1ccccc1)COCc1ccccc1.